The van der Waals surface area contributed by atoms with Crippen LogP contribution in [0.5, 0.6) is 0 Å². The molecular formula is C12H17FO4S. The van der Waals surface area contributed by atoms with Crippen LogP contribution >= 0.6 is 0 Å². The Labute approximate surface area is 107 Å². The van der Waals surface area contributed by atoms with Gasteiger partial charge in [0.05, 0.1) is 12.4 Å². The molecule has 0 unspecified atom stereocenters. The Hall–Kier alpha value is -0.980. The van der Waals surface area contributed by atoms with Crippen LogP contribution in [0.1, 0.15) is 6.42 Å². The standard InChI is InChI=1S/C12H17FO4S/c1-16-7-4-8-17-9-10-18(14,15)12-6-3-2-5-11(12)13/h2-3,5-6H,4,7-10H2,1H3. The van der Waals surface area contributed by atoms with Crippen molar-refractivity contribution in [3.05, 3.63) is 30.1 Å². The normalized spacial score (nSPS) is 11.7. The highest BCUT2D eigenvalue weighted by molar-refractivity contribution is 7.91. The Kier molecular flexibility index (Phi) is 6.24. The van der Waals surface area contributed by atoms with Crippen molar-refractivity contribution in [1.29, 1.82) is 0 Å². The van der Waals surface area contributed by atoms with E-state index in [4.69, 9.17) is 9.47 Å². The van der Waals surface area contributed by atoms with Crippen LogP contribution in [-0.2, 0) is 19.3 Å². The fourth-order valence-electron chi connectivity index (χ4n) is 1.38. The number of halogens is 1. The zero-order valence-electron chi connectivity index (χ0n) is 10.3. The summed E-state index contributed by atoms with van der Waals surface area (Å²) in [6.45, 7) is 1.06. The van der Waals surface area contributed by atoms with Gasteiger partial charge in [0.2, 0.25) is 0 Å². The lowest BCUT2D eigenvalue weighted by molar-refractivity contribution is 0.112. The molecule has 0 fully saturated rings. The zero-order valence-corrected chi connectivity index (χ0v) is 11.1. The van der Waals surface area contributed by atoms with Crippen LogP contribution in [0.25, 0.3) is 0 Å². The second kappa shape index (κ2) is 7.45. The van der Waals surface area contributed by atoms with Crippen molar-refractivity contribution < 1.29 is 22.3 Å². The van der Waals surface area contributed by atoms with Crippen LogP contribution in [-0.4, -0.2) is 41.1 Å². The smallest absolute Gasteiger partial charge is 0.183 e. The van der Waals surface area contributed by atoms with Gasteiger partial charge in [0.15, 0.2) is 9.84 Å². The molecule has 102 valence electrons. The van der Waals surface area contributed by atoms with Gasteiger partial charge in [0.1, 0.15) is 10.7 Å². The summed E-state index contributed by atoms with van der Waals surface area (Å²) in [6, 6.07) is 5.34. The fraction of sp³-hybridized carbons (Fsp3) is 0.500. The molecule has 0 saturated carbocycles. The third-order valence-corrected chi connectivity index (χ3v) is 4.01. The van der Waals surface area contributed by atoms with Gasteiger partial charge in [-0.3, -0.25) is 0 Å². The van der Waals surface area contributed by atoms with Crippen LogP contribution in [0, 0.1) is 5.82 Å². The first-order chi connectivity index (χ1) is 8.58. The van der Waals surface area contributed by atoms with Crippen molar-refractivity contribution in [3.63, 3.8) is 0 Å². The molecule has 0 radical (unpaired) electrons. The minimum Gasteiger partial charge on any atom is -0.385 e. The second-order valence-corrected chi connectivity index (χ2v) is 5.79. The molecule has 0 aliphatic heterocycles. The number of benzene rings is 1. The highest BCUT2D eigenvalue weighted by Gasteiger charge is 2.18. The van der Waals surface area contributed by atoms with E-state index in [-0.39, 0.29) is 17.3 Å². The molecule has 1 rings (SSSR count). The maximum atomic E-state index is 13.3. The number of rotatable bonds is 8. The minimum atomic E-state index is -3.61. The van der Waals surface area contributed by atoms with Gasteiger partial charge >= 0.3 is 0 Å². The number of ether oxygens (including phenoxy) is 2. The number of hydrogen-bond donors (Lipinski definition) is 0. The topological polar surface area (TPSA) is 52.6 Å². The molecule has 0 saturated heterocycles. The Morgan fingerprint density at radius 1 is 1.17 bits per heavy atom. The molecule has 1 aromatic rings. The summed E-state index contributed by atoms with van der Waals surface area (Å²) in [7, 11) is -2.03. The van der Waals surface area contributed by atoms with Crippen molar-refractivity contribution in [2.75, 3.05) is 32.7 Å². The van der Waals surface area contributed by atoms with E-state index < -0.39 is 15.7 Å². The van der Waals surface area contributed by atoms with E-state index in [9.17, 15) is 12.8 Å². The van der Waals surface area contributed by atoms with Gasteiger partial charge in [-0.2, -0.15) is 0 Å². The molecule has 0 N–H and O–H groups in total. The van der Waals surface area contributed by atoms with Crippen molar-refractivity contribution in [2.24, 2.45) is 0 Å². The zero-order chi connectivity index (χ0) is 13.4. The van der Waals surface area contributed by atoms with Gasteiger partial charge in [-0.05, 0) is 18.6 Å². The van der Waals surface area contributed by atoms with Gasteiger partial charge in [-0.1, -0.05) is 12.1 Å². The van der Waals surface area contributed by atoms with Crippen molar-refractivity contribution in [1.82, 2.24) is 0 Å². The SMILES string of the molecule is COCCCOCCS(=O)(=O)c1ccccc1F. The lowest BCUT2D eigenvalue weighted by Crippen LogP contribution is -2.14. The maximum absolute atomic E-state index is 13.3. The summed E-state index contributed by atoms with van der Waals surface area (Å²) >= 11 is 0. The first kappa shape index (κ1) is 15.1. The maximum Gasteiger partial charge on any atom is 0.183 e. The average molecular weight is 276 g/mol. The summed E-state index contributed by atoms with van der Waals surface area (Å²) < 4.78 is 46.9. The Balaban J connectivity index is 2.44. The molecule has 0 spiro atoms. The van der Waals surface area contributed by atoms with Crippen LogP contribution in [0.2, 0.25) is 0 Å². The summed E-state index contributed by atoms with van der Waals surface area (Å²) in [6.07, 6.45) is 0.705. The third-order valence-electron chi connectivity index (χ3n) is 2.31. The molecule has 0 heterocycles. The number of hydrogen-bond acceptors (Lipinski definition) is 4. The number of methoxy groups -OCH3 is 1. The summed E-state index contributed by atoms with van der Waals surface area (Å²) in [5.74, 6) is -0.946. The van der Waals surface area contributed by atoms with Crippen LogP contribution in [0.15, 0.2) is 29.2 Å². The molecule has 0 aromatic heterocycles. The largest absolute Gasteiger partial charge is 0.385 e. The van der Waals surface area contributed by atoms with Crippen LogP contribution < -0.4 is 0 Å². The van der Waals surface area contributed by atoms with Crippen LogP contribution in [0.3, 0.4) is 0 Å². The molecular weight excluding hydrogens is 259 g/mol. The molecule has 4 nitrogen and oxygen atoms in total. The van der Waals surface area contributed by atoms with E-state index in [2.05, 4.69) is 0 Å². The fourth-order valence-corrected chi connectivity index (χ4v) is 2.59. The highest BCUT2D eigenvalue weighted by Crippen LogP contribution is 2.14. The Morgan fingerprint density at radius 3 is 2.56 bits per heavy atom. The molecule has 0 bridgehead atoms. The van der Waals surface area contributed by atoms with Crippen molar-refractivity contribution in [3.8, 4) is 0 Å². The Bertz CT molecular complexity index is 459. The van der Waals surface area contributed by atoms with Gasteiger partial charge in [0, 0.05) is 20.3 Å². The van der Waals surface area contributed by atoms with Gasteiger partial charge in [-0.15, -0.1) is 0 Å². The molecule has 18 heavy (non-hydrogen) atoms. The van der Waals surface area contributed by atoms with Crippen LogP contribution in [0.4, 0.5) is 4.39 Å². The van der Waals surface area contributed by atoms with E-state index in [1.54, 1.807) is 7.11 Å². The predicted molar refractivity (Wildman–Crippen MR) is 65.8 cm³/mol. The molecule has 1 aromatic carbocycles. The first-order valence-corrected chi connectivity index (χ1v) is 7.27. The molecule has 0 amide bonds. The van der Waals surface area contributed by atoms with Crippen molar-refractivity contribution in [2.45, 2.75) is 11.3 Å². The molecule has 0 atom stereocenters. The van der Waals surface area contributed by atoms with E-state index in [1.165, 1.54) is 18.2 Å². The monoisotopic (exact) mass is 276 g/mol. The lowest BCUT2D eigenvalue weighted by Gasteiger charge is -2.06. The first-order valence-electron chi connectivity index (χ1n) is 5.62. The van der Waals surface area contributed by atoms with Crippen molar-refractivity contribution >= 4 is 9.84 Å². The molecule has 0 aliphatic rings. The third kappa shape index (κ3) is 4.72. The highest BCUT2D eigenvalue weighted by atomic mass is 32.2. The predicted octanol–water partition coefficient (Wildman–Crippen LogP) is 1.65. The summed E-state index contributed by atoms with van der Waals surface area (Å²) in [5.41, 5.74) is 0. The van der Waals surface area contributed by atoms with Gasteiger partial charge in [0.25, 0.3) is 0 Å². The van der Waals surface area contributed by atoms with Gasteiger partial charge in [-0.25, -0.2) is 12.8 Å². The molecule has 0 aliphatic carbocycles. The number of sulfone groups is 1. The minimum absolute atomic E-state index is 0.0559. The Morgan fingerprint density at radius 2 is 1.89 bits per heavy atom. The van der Waals surface area contributed by atoms with E-state index in [0.717, 1.165) is 6.07 Å². The lowest BCUT2D eigenvalue weighted by atomic mass is 10.3. The summed E-state index contributed by atoms with van der Waals surface area (Å²) in [5, 5.41) is 0. The quantitative estimate of drug-likeness (QED) is 0.678. The average Bonchev–Trinajstić information content (AvgIpc) is 2.34. The van der Waals surface area contributed by atoms with E-state index >= 15 is 0 Å². The van der Waals surface area contributed by atoms with E-state index in [1.807, 2.05) is 0 Å². The van der Waals surface area contributed by atoms with E-state index in [0.29, 0.717) is 19.6 Å². The second-order valence-electron chi connectivity index (χ2n) is 3.71. The summed E-state index contributed by atoms with van der Waals surface area (Å²) in [4.78, 5) is -0.273. The van der Waals surface area contributed by atoms with Gasteiger partial charge < -0.3 is 9.47 Å². The molecule has 6 heteroatoms.